The van der Waals surface area contributed by atoms with Crippen LogP contribution < -0.4 is 4.74 Å². The van der Waals surface area contributed by atoms with Crippen molar-refractivity contribution in [3.8, 4) is 11.5 Å². The van der Waals surface area contributed by atoms with Gasteiger partial charge in [0.1, 0.15) is 17.3 Å². The van der Waals surface area contributed by atoms with Crippen LogP contribution in [0.4, 0.5) is 4.39 Å². The topological polar surface area (TPSA) is 29.5 Å². The van der Waals surface area contributed by atoms with Gasteiger partial charge >= 0.3 is 0 Å². The third kappa shape index (κ3) is 3.16. The summed E-state index contributed by atoms with van der Waals surface area (Å²) in [5.41, 5.74) is 1.88. The van der Waals surface area contributed by atoms with Crippen molar-refractivity contribution in [1.29, 1.82) is 0 Å². The average Bonchev–Trinajstić information content (AvgIpc) is 2.88. The van der Waals surface area contributed by atoms with E-state index in [0.717, 1.165) is 25.7 Å². The zero-order chi connectivity index (χ0) is 17.4. The van der Waals surface area contributed by atoms with Gasteiger partial charge in [-0.2, -0.15) is 0 Å². The second-order valence-electron chi connectivity index (χ2n) is 6.84. The molecule has 2 saturated heterocycles. The van der Waals surface area contributed by atoms with Crippen LogP contribution in [0.2, 0.25) is 0 Å². The van der Waals surface area contributed by atoms with Gasteiger partial charge in [0.25, 0.3) is 5.91 Å². The zero-order valence-electron chi connectivity index (χ0n) is 14.0. The predicted octanol–water partition coefficient (Wildman–Crippen LogP) is 4.94. The van der Waals surface area contributed by atoms with Crippen LogP contribution in [0.5, 0.6) is 11.5 Å². The Labute approximate surface area is 146 Å². The lowest BCUT2D eigenvalue weighted by molar-refractivity contribution is 0.0635. The number of halogens is 1. The molecule has 2 aromatic carbocycles. The van der Waals surface area contributed by atoms with Crippen molar-refractivity contribution < 1.29 is 13.9 Å². The van der Waals surface area contributed by atoms with Crippen LogP contribution >= 0.6 is 0 Å². The first kappa shape index (κ1) is 15.9. The van der Waals surface area contributed by atoms with Crippen LogP contribution in [0, 0.1) is 5.82 Å². The van der Waals surface area contributed by atoms with Crippen molar-refractivity contribution in [2.75, 3.05) is 0 Å². The fourth-order valence-corrected chi connectivity index (χ4v) is 3.92. The van der Waals surface area contributed by atoms with Gasteiger partial charge in [0.05, 0.1) is 0 Å². The standard InChI is InChI=1S/C21H20FNO2/c1-14-11-17-7-8-18(12-14)23(17)21(24)15-3-2-4-20(13-15)25-19-9-5-16(22)6-10-19/h2-6,9-10,13,17-18H,1,7-8,11-12H2. The van der Waals surface area contributed by atoms with Gasteiger partial charge in [-0.05, 0) is 68.1 Å². The lowest BCUT2D eigenvalue weighted by atomic mass is 9.97. The molecule has 1 amide bonds. The molecule has 2 aliphatic rings. The fourth-order valence-electron chi connectivity index (χ4n) is 3.92. The second-order valence-corrected chi connectivity index (χ2v) is 6.84. The molecule has 0 radical (unpaired) electrons. The van der Waals surface area contributed by atoms with Crippen molar-refractivity contribution in [3.05, 3.63) is 72.1 Å². The lowest BCUT2D eigenvalue weighted by Gasteiger charge is -2.36. The molecule has 4 rings (SSSR count). The number of carbonyl (C=O) groups is 1. The maximum Gasteiger partial charge on any atom is 0.254 e. The Morgan fingerprint density at radius 3 is 2.40 bits per heavy atom. The highest BCUT2D eigenvalue weighted by molar-refractivity contribution is 5.95. The molecule has 0 aliphatic carbocycles. The van der Waals surface area contributed by atoms with E-state index in [0.29, 0.717) is 17.1 Å². The molecule has 2 bridgehead atoms. The van der Waals surface area contributed by atoms with Gasteiger partial charge in [-0.1, -0.05) is 18.2 Å². The van der Waals surface area contributed by atoms with Crippen molar-refractivity contribution in [2.45, 2.75) is 37.8 Å². The molecule has 4 heteroatoms. The third-order valence-electron chi connectivity index (χ3n) is 5.03. The van der Waals surface area contributed by atoms with Gasteiger partial charge in [-0.3, -0.25) is 4.79 Å². The van der Waals surface area contributed by atoms with Crippen molar-refractivity contribution >= 4 is 5.91 Å². The SMILES string of the molecule is C=C1CC2CCC(C1)N2C(=O)c1cccc(Oc2ccc(F)cc2)c1. The third-order valence-corrected chi connectivity index (χ3v) is 5.03. The summed E-state index contributed by atoms with van der Waals surface area (Å²) < 4.78 is 18.7. The summed E-state index contributed by atoms with van der Waals surface area (Å²) in [6.45, 7) is 4.10. The van der Waals surface area contributed by atoms with E-state index in [9.17, 15) is 9.18 Å². The van der Waals surface area contributed by atoms with Gasteiger partial charge in [-0.25, -0.2) is 4.39 Å². The number of rotatable bonds is 3. The molecule has 0 saturated carbocycles. The van der Waals surface area contributed by atoms with Gasteiger partial charge in [0, 0.05) is 17.6 Å². The number of carbonyl (C=O) groups excluding carboxylic acids is 1. The molecule has 2 fully saturated rings. The van der Waals surface area contributed by atoms with E-state index in [1.54, 1.807) is 24.3 Å². The summed E-state index contributed by atoms with van der Waals surface area (Å²) in [4.78, 5) is 15.0. The van der Waals surface area contributed by atoms with Gasteiger partial charge in [0.15, 0.2) is 0 Å². The quantitative estimate of drug-likeness (QED) is 0.742. The van der Waals surface area contributed by atoms with Crippen molar-refractivity contribution in [3.63, 3.8) is 0 Å². The Hall–Kier alpha value is -2.62. The summed E-state index contributed by atoms with van der Waals surface area (Å²) in [5.74, 6) is 0.870. The molecule has 2 aliphatic heterocycles. The molecule has 128 valence electrons. The molecular formula is C21H20FNO2. The second kappa shape index (κ2) is 6.36. The van der Waals surface area contributed by atoms with Gasteiger partial charge in [-0.15, -0.1) is 0 Å². The van der Waals surface area contributed by atoms with E-state index >= 15 is 0 Å². The predicted molar refractivity (Wildman–Crippen MR) is 94.3 cm³/mol. The summed E-state index contributed by atoms with van der Waals surface area (Å²) in [6.07, 6.45) is 3.93. The van der Waals surface area contributed by atoms with Crippen LogP contribution in [-0.2, 0) is 0 Å². The molecule has 25 heavy (non-hydrogen) atoms. The number of hydrogen-bond donors (Lipinski definition) is 0. The Kier molecular flexibility index (Phi) is 4.04. The van der Waals surface area contributed by atoms with Crippen LogP contribution in [0.15, 0.2) is 60.7 Å². The van der Waals surface area contributed by atoms with E-state index in [4.69, 9.17) is 4.74 Å². The first-order valence-electron chi connectivity index (χ1n) is 8.63. The van der Waals surface area contributed by atoms with E-state index in [1.165, 1.54) is 17.7 Å². The highest BCUT2D eigenvalue weighted by atomic mass is 19.1. The number of piperidine rings is 1. The smallest absolute Gasteiger partial charge is 0.254 e. The Balaban J connectivity index is 1.54. The van der Waals surface area contributed by atoms with E-state index < -0.39 is 0 Å². The average molecular weight is 337 g/mol. The van der Waals surface area contributed by atoms with Gasteiger partial charge < -0.3 is 9.64 Å². The summed E-state index contributed by atoms with van der Waals surface area (Å²) in [5, 5.41) is 0. The highest BCUT2D eigenvalue weighted by Gasteiger charge is 2.41. The Bertz CT molecular complexity index is 799. The Morgan fingerprint density at radius 2 is 1.72 bits per heavy atom. The van der Waals surface area contributed by atoms with Crippen LogP contribution in [0.3, 0.4) is 0 Å². The molecule has 2 unspecified atom stereocenters. The fraction of sp³-hybridized carbons (Fsp3) is 0.286. The molecule has 0 N–H and O–H groups in total. The normalized spacial score (nSPS) is 22.1. The summed E-state index contributed by atoms with van der Waals surface area (Å²) in [6, 6.07) is 13.6. The van der Waals surface area contributed by atoms with E-state index in [1.807, 2.05) is 17.0 Å². The van der Waals surface area contributed by atoms with Crippen molar-refractivity contribution in [1.82, 2.24) is 4.90 Å². The van der Waals surface area contributed by atoms with Crippen LogP contribution in [0.25, 0.3) is 0 Å². The number of amides is 1. The zero-order valence-corrected chi connectivity index (χ0v) is 14.0. The number of ether oxygens (including phenoxy) is 1. The van der Waals surface area contributed by atoms with E-state index in [-0.39, 0.29) is 23.8 Å². The first-order valence-corrected chi connectivity index (χ1v) is 8.63. The summed E-state index contributed by atoms with van der Waals surface area (Å²) >= 11 is 0. The molecule has 0 spiro atoms. The van der Waals surface area contributed by atoms with Crippen LogP contribution in [0.1, 0.15) is 36.0 Å². The summed E-state index contributed by atoms with van der Waals surface area (Å²) in [7, 11) is 0. The van der Waals surface area contributed by atoms with Crippen LogP contribution in [-0.4, -0.2) is 22.9 Å². The molecule has 3 nitrogen and oxygen atoms in total. The monoisotopic (exact) mass is 337 g/mol. The minimum Gasteiger partial charge on any atom is -0.457 e. The molecule has 2 heterocycles. The minimum absolute atomic E-state index is 0.0598. The number of nitrogens with zero attached hydrogens (tertiary/aromatic N) is 1. The maximum atomic E-state index is 13.0. The maximum absolute atomic E-state index is 13.0. The minimum atomic E-state index is -0.307. The Morgan fingerprint density at radius 1 is 1.04 bits per heavy atom. The number of benzene rings is 2. The van der Waals surface area contributed by atoms with Crippen molar-refractivity contribution in [2.24, 2.45) is 0 Å². The largest absolute Gasteiger partial charge is 0.457 e. The molecular weight excluding hydrogens is 317 g/mol. The molecule has 0 aromatic heterocycles. The highest BCUT2D eigenvalue weighted by Crippen LogP contribution is 2.38. The number of hydrogen-bond acceptors (Lipinski definition) is 2. The van der Waals surface area contributed by atoms with Gasteiger partial charge in [0.2, 0.25) is 0 Å². The number of fused-ring (bicyclic) bond motifs is 2. The first-order chi connectivity index (χ1) is 12.1. The van der Waals surface area contributed by atoms with E-state index in [2.05, 4.69) is 6.58 Å². The molecule has 2 atom stereocenters. The molecule has 2 aromatic rings. The lowest BCUT2D eigenvalue weighted by Crippen LogP contribution is -2.44.